The Morgan fingerprint density at radius 2 is 2.12 bits per heavy atom. The van der Waals surface area contributed by atoms with E-state index in [0.29, 0.717) is 12.3 Å². The van der Waals surface area contributed by atoms with Crippen molar-refractivity contribution in [2.24, 2.45) is 0 Å². The molecule has 17 heavy (non-hydrogen) atoms. The van der Waals surface area contributed by atoms with Gasteiger partial charge in [-0.15, -0.1) is 5.10 Å². The van der Waals surface area contributed by atoms with Gasteiger partial charge in [-0.1, -0.05) is 6.07 Å². The Balaban J connectivity index is 1.89. The van der Waals surface area contributed by atoms with Gasteiger partial charge in [0, 0.05) is 19.3 Å². The molecule has 1 saturated heterocycles. The van der Waals surface area contributed by atoms with Gasteiger partial charge in [0.2, 0.25) is 0 Å². The lowest BCUT2D eigenvalue weighted by Gasteiger charge is -2.25. The molecule has 0 unspecified atom stereocenters. The predicted octanol–water partition coefficient (Wildman–Crippen LogP) is -0.214. The first-order valence-corrected chi connectivity index (χ1v) is 5.69. The van der Waals surface area contributed by atoms with Crippen LogP contribution in [0.3, 0.4) is 0 Å². The number of fused-ring (bicyclic) bond motifs is 1. The molecule has 0 saturated carbocycles. The van der Waals surface area contributed by atoms with Gasteiger partial charge >= 0.3 is 5.69 Å². The molecule has 2 aromatic heterocycles. The van der Waals surface area contributed by atoms with Crippen molar-refractivity contribution < 1.29 is 4.74 Å². The summed E-state index contributed by atoms with van der Waals surface area (Å²) >= 11 is 0. The molecule has 1 aliphatic heterocycles. The number of rotatable bonds is 2. The molecule has 6 heteroatoms. The minimum atomic E-state index is -0.0907. The van der Waals surface area contributed by atoms with Crippen LogP contribution in [0.2, 0.25) is 0 Å². The van der Waals surface area contributed by atoms with Crippen LogP contribution in [0.15, 0.2) is 29.2 Å². The lowest BCUT2D eigenvalue weighted by atomic mass is 10.4. The zero-order valence-corrected chi connectivity index (χ0v) is 9.45. The minimum Gasteiger partial charge on any atom is -0.379 e. The van der Waals surface area contributed by atoms with E-state index >= 15 is 0 Å². The van der Waals surface area contributed by atoms with Crippen LogP contribution in [0.5, 0.6) is 0 Å². The second-order valence-corrected chi connectivity index (χ2v) is 4.08. The molecule has 3 heterocycles. The molecule has 0 atom stereocenters. The summed E-state index contributed by atoms with van der Waals surface area (Å²) < 4.78 is 8.33. The van der Waals surface area contributed by atoms with Gasteiger partial charge in [-0.3, -0.25) is 9.30 Å². The number of ether oxygens (including phenoxy) is 1. The first-order chi connectivity index (χ1) is 8.34. The highest BCUT2D eigenvalue weighted by Crippen LogP contribution is 1.99. The Hall–Kier alpha value is -1.66. The topological polar surface area (TPSA) is 51.8 Å². The summed E-state index contributed by atoms with van der Waals surface area (Å²) in [6.45, 7) is 3.68. The van der Waals surface area contributed by atoms with E-state index in [1.807, 2.05) is 18.2 Å². The normalized spacial score (nSPS) is 17.6. The Bertz CT molecular complexity index is 568. The summed E-state index contributed by atoms with van der Waals surface area (Å²) in [5.41, 5.74) is 0.595. The van der Waals surface area contributed by atoms with E-state index in [0.717, 1.165) is 26.3 Å². The van der Waals surface area contributed by atoms with E-state index < -0.39 is 0 Å². The van der Waals surface area contributed by atoms with Crippen molar-refractivity contribution in [1.29, 1.82) is 0 Å². The number of aromatic nitrogens is 3. The van der Waals surface area contributed by atoms with Gasteiger partial charge in [-0.05, 0) is 12.1 Å². The van der Waals surface area contributed by atoms with Gasteiger partial charge < -0.3 is 4.74 Å². The quantitative estimate of drug-likeness (QED) is 0.721. The van der Waals surface area contributed by atoms with Crippen molar-refractivity contribution in [2.75, 3.05) is 26.3 Å². The number of pyridine rings is 1. The Morgan fingerprint density at radius 3 is 2.88 bits per heavy atom. The van der Waals surface area contributed by atoms with Gasteiger partial charge in [0.25, 0.3) is 0 Å². The molecular formula is C11H14N4O2. The molecule has 0 N–H and O–H groups in total. The maximum atomic E-state index is 12.0. The van der Waals surface area contributed by atoms with E-state index in [-0.39, 0.29) is 5.69 Å². The van der Waals surface area contributed by atoms with E-state index in [1.165, 1.54) is 4.68 Å². The Kier molecular flexibility index (Phi) is 2.66. The smallest absolute Gasteiger partial charge is 0.351 e. The summed E-state index contributed by atoms with van der Waals surface area (Å²) in [6.07, 6.45) is 1.74. The number of hydrogen-bond acceptors (Lipinski definition) is 4. The predicted molar refractivity (Wildman–Crippen MR) is 61.8 cm³/mol. The summed E-state index contributed by atoms with van der Waals surface area (Å²) in [4.78, 5) is 14.2. The third-order valence-corrected chi connectivity index (χ3v) is 2.93. The van der Waals surface area contributed by atoms with Crippen molar-refractivity contribution in [3.05, 3.63) is 34.9 Å². The molecule has 0 aliphatic carbocycles. The largest absolute Gasteiger partial charge is 0.379 e. The molecule has 90 valence electrons. The maximum absolute atomic E-state index is 12.0. The second-order valence-electron chi connectivity index (χ2n) is 4.08. The number of morpholine rings is 1. The van der Waals surface area contributed by atoms with E-state index in [9.17, 15) is 4.79 Å². The highest BCUT2D eigenvalue weighted by Gasteiger charge is 2.13. The number of hydrogen-bond donors (Lipinski definition) is 0. The van der Waals surface area contributed by atoms with E-state index in [4.69, 9.17) is 4.74 Å². The molecular weight excluding hydrogens is 220 g/mol. The van der Waals surface area contributed by atoms with Crippen molar-refractivity contribution >= 4 is 5.65 Å². The first kappa shape index (κ1) is 10.5. The summed E-state index contributed by atoms with van der Waals surface area (Å²) in [5.74, 6) is 0. The Morgan fingerprint density at radius 1 is 1.29 bits per heavy atom. The summed E-state index contributed by atoms with van der Waals surface area (Å²) in [6, 6.07) is 5.53. The average molecular weight is 234 g/mol. The van der Waals surface area contributed by atoms with Crippen LogP contribution in [0.4, 0.5) is 0 Å². The second kappa shape index (κ2) is 4.31. The molecule has 0 spiro atoms. The van der Waals surface area contributed by atoms with Gasteiger partial charge in [-0.25, -0.2) is 4.79 Å². The van der Waals surface area contributed by atoms with Crippen molar-refractivity contribution in [3.8, 4) is 0 Å². The molecule has 3 rings (SSSR count). The average Bonchev–Trinajstić information content (AvgIpc) is 2.68. The zero-order valence-electron chi connectivity index (χ0n) is 9.45. The first-order valence-electron chi connectivity index (χ1n) is 5.69. The van der Waals surface area contributed by atoms with E-state index in [1.54, 1.807) is 10.6 Å². The highest BCUT2D eigenvalue weighted by molar-refractivity contribution is 5.35. The van der Waals surface area contributed by atoms with Crippen molar-refractivity contribution in [2.45, 2.75) is 6.67 Å². The molecule has 0 bridgehead atoms. The van der Waals surface area contributed by atoms with Gasteiger partial charge in [-0.2, -0.15) is 4.68 Å². The summed E-state index contributed by atoms with van der Waals surface area (Å²) in [5, 5.41) is 4.29. The van der Waals surface area contributed by atoms with Gasteiger partial charge in [0.05, 0.1) is 19.9 Å². The third-order valence-electron chi connectivity index (χ3n) is 2.93. The summed E-state index contributed by atoms with van der Waals surface area (Å²) in [7, 11) is 0. The molecule has 0 amide bonds. The van der Waals surface area contributed by atoms with Crippen molar-refractivity contribution in [1.82, 2.24) is 19.1 Å². The molecule has 2 aromatic rings. The zero-order chi connectivity index (χ0) is 11.7. The fraction of sp³-hybridized carbons (Fsp3) is 0.455. The SMILES string of the molecule is O=c1n(CN2CCOCC2)nc2ccccn12. The third kappa shape index (κ3) is 1.96. The fourth-order valence-electron chi connectivity index (χ4n) is 1.99. The standard InChI is InChI=1S/C11H14N4O2/c16-11-14-4-2-1-3-10(14)12-15(11)9-13-5-7-17-8-6-13/h1-4H,5-9H2. The minimum absolute atomic E-state index is 0.0907. The molecule has 0 aromatic carbocycles. The molecule has 0 radical (unpaired) electrons. The lowest BCUT2D eigenvalue weighted by molar-refractivity contribution is 0.0207. The lowest BCUT2D eigenvalue weighted by Crippen LogP contribution is -2.40. The van der Waals surface area contributed by atoms with Crippen LogP contribution in [0.1, 0.15) is 0 Å². The molecule has 6 nitrogen and oxygen atoms in total. The van der Waals surface area contributed by atoms with E-state index in [2.05, 4.69) is 10.00 Å². The van der Waals surface area contributed by atoms with Crippen LogP contribution < -0.4 is 5.69 Å². The fourth-order valence-corrected chi connectivity index (χ4v) is 1.99. The molecule has 1 fully saturated rings. The van der Waals surface area contributed by atoms with Gasteiger partial charge in [0.15, 0.2) is 5.65 Å². The van der Waals surface area contributed by atoms with Crippen LogP contribution in [-0.4, -0.2) is 45.4 Å². The van der Waals surface area contributed by atoms with Crippen LogP contribution in [-0.2, 0) is 11.4 Å². The van der Waals surface area contributed by atoms with Crippen LogP contribution >= 0.6 is 0 Å². The maximum Gasteiger partial charge on any atom is 0.351 e. The molecule has 1 aliphatic rings. The number of nitrogens with zero attached hydrogens (tertiary/aromatic N) is 4. The highest BCUT2D eigenvalue weighted by atomic mass is 16.5. The van der Waals surface area contributed by atoms with Crippen molar-refractivity contribution in [3.63, 3.8) is 0 Å². The monoisotopic (exact) mass is 234 g/mol. The van der Waals surface area contributed by atoms with Gasteiger partial charge in [0.1, 0.15) is 0 Å². The van der Waals surface area contributed by atoms with Crippen LogP contribution in [0.25, 0.3) is 5.65 Å². The Labute approximate surface area is 98.0 Å². The van der Waals surface area contributed by atoms with Crippen LogP contribution in [0, 0.1) is 0 Å².